The fraction of sp³-hybridized carbons (Fsp3) is 0.524. The maximum Gasteiger partial charge on any atom is 0.490 e. The minimum absolute atomic E-state index is 0.367. The molecular weight excluding hydrogens is 552 g/mol. The van der Waals surface area contributed by atoms with Crippen LogP contribution in [0.1, 0.15) is 22.8 Å². The number of aryl methyl sites for hydroxylation is 1. The van der Waals surface area contributed by atoms with Gasteiger partial charge in [0.15, 0.2) is 0 Å². The van der Waals surface area contributed by atoms with E-state index in [0.29, 0.717) is 17.5 Å². The van der Waals surface area contributed by atoms with Crippen LogP contribution in [-0.2, 0) is 27.5 Å². The second kappa shape index (κ2) is 12.9. The first-order chi connectivity index (χ1) is 17.1. The van der Waals surface area contributed by atoms with Gasteiger partial charge in [0.2, 0.25) is 0 Å². The van der Waals surface area contributed by atoms with E-state index in [0.717, 1.165) is 30.1 Å². The van der Waals surface area contributed by atoms with Crippen molar-refractivity contribution in [3.63, 3.8) is 0 Å². The number of hydrogen-bond acceptors (Lipinski definition) is 8. The number of rotatable bonds is 5. The van der Waals surface area contributed by atoms with E-state index < -0.39 is 24.3 Å². The quantitative estimate of drug-likeness (QED) is 0.502. The van der Waals surface area contributed by atoms with Gasteiger partial charge in [0.05, 0.1) is 24.9 Å². The zero-order chi connectivity index (χ0) is 27.9. The van der Waals surface area contributed by atoms with Crippen molar-refractivity contribution in [1.29, 1.82) is 0 Å². The summed E-state index contributed by atoms with van der Waals surface area (Å²) < 4.78 is 70.0. The lowest BCUT2D eigenvalue weighted by atomic mass is 9.93. The monoisotopic (exact) mass is 575 g/mol. The van der Waals surface area contributed by atoms with Crippen molar-refractivity contribution in [2.75, 3.05) is 18.8 Å². The van der Waals surface area contributed by atoms with Crippen LogP contribution in [0.5, 0.6) is 0 Å². The van der Waals surface area contributed by atoms with Crippen LogP contribution in [0.3, 0.4) is 0 Å². The number of pyridine rings is 1. The molecule has 37 heavy (non-hydrogen) atoms. The molecule has 206 valence electrons. The number of aromatic nitrogens is 2. The van der Waals surface area contributed by atoms with Crippen molar-refractivity contribution in [1.82, 2.24) is 14.9 Å². The van der Waals surface area contributed by atoms with Gasteiger partial charge in [-0.25, -0.2) is 14.6 Å². The first kappa shape index (κ1) is 30.8. The lowest BCUT2D eigenvalue weighted by Crippen LogP contribution is -2.58. The molecule has 2 saturated heterocycles. The van der Waals surface area contributed by atoms with Crippen LogP contribution in [0.2, 0.25) is 0 Å². The molecule has 8 nitrogen and oxygen atoms in total. The molecule has 0 aliphatic carbocycles. The lowest BCUT2D eigenvalue weighted by molar-refractivity contribution is -0.193. The summed E-state index contributed by atoms with van der Waals surface area (Å²) in [5, 5.41) is 17.6. The largest absolute Gasteiger partial charge is 0.490 e. The number of ether oxygens (including phenoxy) is 1. The smallest absolute Gasteiger partial charge is 0.475 e. The molecule has 2 aromatic heterocycles. The molecule has 0 aromatic carbocycles. The predicted molar refractivity (Wildman–Crippen MR) is 122 cm³/mol. The summed E-state index contributed by atoms with van der Waals surface area (Å²) in [6.07, 6.45) is -6.81. The van der Waals surface area contributed by atoms with E-state index in [-0.39, 0.29) is 0 Å². The van der Waals surface area contributed by atoms with Gasteiger partial charge in [-0.1, -0.05) is 6.07 Å². The fourth-order valence-corrected chi connectivity index (χ4v) is 5.78. The molecule has 2 fully saturated rings. The third-order valence-electron chi connectivity index (χ3n) is 4.90. The minimum Gasteiger partial charge on any atom is -0.475 e. The van der Waals surface area contributed by atoms with Crippen molar-refractivity contribution in [3.8, 4) is 0 Å². The number of halogens is 6. The van der Waals surface area contributed by atoms with Crippen molar-refractivity contribution < 1.29 is 50.9 Å². The molecule has 2 aliphatic rings. The molecule has 2 aliphatic heterocycles. The molecular formula is C21H23F6N3O5S2. The first-order valence-corrected chi connectivity index (χ1v) is 12.4. The summed E-state index contributed by atoms with van der Waals surface area (Å²) in [6.45, 7) is 6.03. The highest BCUT2D eigenvalue weighted by atomic mass is 32.2. The molecule has 2 aromatic rings. The lowest BCUT2D eigenvalue weighted by Gasteiger charge is -2.47. The number of carbonyl (C=O) groups is 2. The second-order valence-corrected chi connectivity index (χ2v) is 10.5. The van der Waals surface area contributed by atoms with E-state index in [2.05, 4.69) is 38.9 Å². The summed E-state index contributed by atoms with van der Waals surface area (Å²) in [5.74, 6) is -4.41. The number of nitrogens with zero attached hydrogens (tertiary/aromatic N) is 3. The van der Waals surface area contributed by atoms with Crippen molar-refractivity contribution >= 4 is 35.0 Å². The Kier molecular flexibility index (Phi) is 10.7. The number of aliphatic carboxylic acids is 2. The van der Waals surface area contributed by atoms with Gasteiger partial charge in [0.1, 0.15) is 5.01 Å². The van der Waals surface area contributed by atoms with Gasteiger partial charge in [-0.05, 0) is 25.5 Å². The Bertz CT molecular complexity index is 1010. The van der Waals surface area contributed by atoms with Gasteiger partial charge in [0.25, 0.3) is 0 Å². The Balaban J connectivity index is 0.000000286. The molecule has 0 saturated carbocycles. The third-order valence-corrected chi connectivity index (χ3v) is 7.43. The Hall–Kier alpha value is -2.43. The average Bonchev–Trinajstić information content (AvgIpc) is 3.39. The maximum absolute atomic E-state index is 10.6. The van der Waals surface area contributed by atoms with E-state index in [1.54, 1.807) is 11.3 Å². The van der Waals surface area contributed by atoms with E-state index in [4.69, 9.17) is 24.5 Å². The number of thiazole rings is 1. The summed E-state index contributed by atoms with van der Waals surface area (Å²) >= 11 is 3.86. The summed E-state index contributed by atoms with van der Waals surface area (Å²) in [5.41, 5.74) is 2.16. The topological polar surface area (TPSA) is 113 Å². The maximum atomic E-state index is 10.6. The van der Waals surface area contributed by atoms with Crippen LogP contribution in [0.15, 0.2) is 29.8 Å². The first-order valence-electron chi connectivity index (χ1n) is 10.5. The van der Waals surface area contributed by atoms with Crippen molar-refractivity contribution in [2.45, 2.75) is 49.7 Å². The van der Waals surface area contributed by atoms with Gasteiger partial charge in [-0.15, -0.1) is 23.1 Å². The molecule has 1 unspecified atom stereocenters. The molecule has 0 amide bonds. The predicted octanol–water partition coefficient (Wildman–Crippen LogP) is 4.39. The highest BCUT2D eigenvalue weighted by molar-refractivity contribution is 8.01. The van der Waals surface area contributed by atoms with E-state index in [9.17, 15) is 26.3 Å². The van der Waals surface area contributed by atoms with Gasteiger partial charge < -0.3 is 14.9 Å². The molecule has 1 atom stereocenters. The number of likely N-dealkylation sites (tertiary alicyclic amines) is 1. The Morgan fingerprint density at radius 3 is 2.19 bits per heavy atom. The van der Waals surface area contributed by atoms with Crippen LogP contribution < -0.4 is 0 Å². The number of carboxylic acid groups (broad SMARTS) is 2. The zero-order valence-electron chi connectivity index (χ0n) is 19.3. The Labute approximate surface area is 215 Å². The van der Waals surface area contributed by atoms with Crippen LogP contribution in [0.4, 0.5) is 26.3 Å². The van der Waals surface area contributed by atoms with Crippen molar-refractivity contribution in [2.24, 2.45) is 0 Å². The van der Waals surface area contributed by atoms with Gasteiger partial charge in [0, 0.05) is 40.9 Å². The zero-order valence-corrected chi connectivity index (χ0v) is 20.9. The summed E-state index contributed by atoms with van der Waals surface area (Å²) in [6, 6.07) is 5.98. The Morgan fingerprint density at radius 1 is 1.14 bits per heavy atom. The normalized spacial score (nSPS) is 18.7. The van der Waals surface area contributed by atoms with E-state index >= 15 is 0 Å². The molecule has 16 heteroatoms. The van der Waals surface area contributed by atoms with Crippen LogP contribution in [0.25, 0.3) is 0 Å². The van der Waals surface area contributed by atoms with E-state index in [1.165, 1.54) is 18.1 Å². The molecule has 0 bridgehead atoms. The van der Waals surface area contributed by atoms with Crippen LogP contribution in [-0.4, -0.2) is 79.1 Å². The van der Waals surface area contributed by atoms with Gasteiger partial charge in [-0.2, -0.15) is 26.3 Å². The minimum atomic E-state index is -5.08. The number of hydrogen-bond donors (Lipinski definition) is 2. The summed E-state index contributed by atoms with van der Waals surface area (Å²) in [4.78, 5) is 29.2. The average molecular weight is 576 g/mol. The summed E-state index contributed by atoms with van der Waals surface area (Å²) in [7, 11) is 0. The molecule has 2 N–H and O–H groups in total. The highest BCUT2D eigenvalue weighted by Crippen LogP contribution is 2.46. The van der Waals surface area contributed by atoms with Crippen LogP contribution in [0, 0.1) is 6.92 Å². The van der Waals surface area contributed by atoms with Gasteiger partial charge in [-0.3, -0.25) is 9.88 Å². The molecule has 4 rings (SSSR count). The van der Waals surface area contributed by atoms with E-state index in [1.807, 2.05) is 24.4 Å². The molecule has 1 spiro atoms. The highest BCUT2D eigenvalue weighted by Gasteiger charge is 2.49. The number of alkyl halides is 6. The number of carboxylic acids is 2. The molecule has 0 radical (unpaired) electrons. The fourth-order valence-electron chi connectivity index (χ4n) is 3.36. The van der Waals surface area contributed by atoms with Crippen LogP contribution >= 0.6 is 23.1 Å². The standard InChI is InChI=1S/C17H21N3OS2.2C2HF3O2/c1-13-9-22-16(19-13)7-20-11-17(12-20)6-15(10-23-17)21-8-14-4-2-3-5-18-14;2*3-2(4,5)1(6)7/h2-5,9,15H,6-8,10-12H2,1H3;2*(H,6,7). The number of thioether (sulfide) groups is 1. The van der Waals surface area contributed by atoms with Crippen molar-refractivity contribution in [3.05, 3.63) is 46.2 Å². The third kappa shape index (κ3) is 10.5. The second-order valence-electron chi connectivity index (χ2n) is 8.09. The molecule has 4 heterocycles. The van der Waals surface area contributed by atoms with Gasteiger partial charge >= 0.3 is 24.3 Å². The SMILES string of the molecule is Cc1csc(CN2CC3(CC(OCc4ccccn4)CS3)C2)n1.O=C(O)C(F)(F)F.O=C(O)C(F)(F)F. The Morgan fingerprint density at radius 2 is 1.73 bits per heavy atom.